The zero-order chi connectivity index (χ0) is 17.8. The summed E-state index contributed by atoms with van der Waals surface area (Å²) in [4.78, 5) is 0. The lowest BCUT2D eigenvalue weighted by atomic mass is 9.91. The first-order valence-electron chi connectivity index (χ1n) is 8.04. The van der Waals surface area contributed by atoms with E-state index < -0.39 is 0 Å². The highest BCUT2D eigenvalue weighted by molar-refractivity contribution is 5.78. The minimum atomic E-state index is -0.264. The summed E-state index contributed by atoms with van der Waals surface area (Å²) in [6, 6.07) is 20.5. The Morgan fingerprint density at radius 2 is 1.80 bits per heavy atom. The Kier molecular flexibility index (Phi) is 4.81. The lowest BCUT2D eigenvalue weighted by Gasteiger charge is -2.15. The Morgan fingerprint density at radius 1 is 1.04 bits per heavy atom. The average Bonchev–Trinajstić information content (AvgIpc) is 2.63. The monoisotopic (exact) mass is 331 g/mol. The van der Waals surface area contributed by atoms with Crippen LogP contribution >= 0.6 is 0 Å². The molecule has 0 unspecified atom stereocenters. The van der Waals surface area contributed by atoms with Crippen LogP contribution in [0.5, 0.6) is 5.75 Å². The van der Waals surface area contributed by atoms with Gasteiger partial charge in [0.1, 0.15) is 17.6 Å². The predicted octanol–water partition coefficient (Wildman–Crippen LogP) is 5.27. The third-order valence-corrected chi connectivity index (χ3v) is 4.20. The minimum Gasteiger partial charge on any atom is -0.496 e. The molecule has 0 atom stereocenters. The second-order valence-electron chi connectivity index (χ2n) is 5.96. The Bertz CT molecular complexity index is 939. The van der Waals surface area contributed by atoms with Crippen molar-refractivity contribution in [3.63, 3.8) is 0 Å². The minimum absolute atomic E-state index is 0.264. The Hall–Kier alpha value is -3.12. The van der Waals surface area contributed by atoms with Crippen LogP contribution in [0, 0.1) is 24.1 Å². The van der Waals surface area contributed by atoms with Gasteiger partial charge in [0.05, 0.1) is 12.7 Å². The highest BCUT2D eigenvalue weighted by Crippen LogP contribution is 2.36. The summed E-state index contributed by atoms with van der Waals surface area (Å²) in [6.07, 6.45) is 0.561. The SMILES string of the molecule is COc1ccc(Cc2ccc(F)cc2)c(C#N)c1-c1cccc(C)c1. The number of nitriles is 1. The zero-order valence-electron chi connectivity index (χ0n) is 14.2. The molecule has 0 N–H and O–H groups in total. The fourth-order valence-corrected chi connectivity index (χ4v) is 2.98. The van der Waals surface area contributed by atoms with E-state index in [4.69, 9.17) is 4.74 Å². The van der Waals surface area contributed by atoms with E-state index in [1.165, 1.54) is 12.1 Å². The van der Waals surface area contributed by atoms with E-state index >= 15 is 0 Å². The maximum Gasteiger partial charge on any atom is 0.128 e. The van der Waals surface area contributed by atoms with Gasteiger partial charge < -0.3 is 4.74 Å². The molecule has 0 saturated heterocycles. The van der Waals surface area contributed by atoms with Crippen molar-refractivity contribution < 1.29 is 9.13 Å². The van der Waals surface area contributed by atoms with Crippen LogP contribution in [0.25, 0.3) is 11.1 Å². The molecular weight excluding hydrogens is 313 g/mol. The largest absolute Gasteiger partial charge is 0.496 e. The molecular formula is C22H18FNO. The van der Waals surface area contributed by atoms with Crippen LogP contribution in [-0.4, -0.2) is 7.11 Å². The van der Waals surface area contributed by atoms with Gasteiger partial charge in [0.25, 0.3) is 0 Å². The van der Waals surface area contributed by atoms with E-state index in [1.54, 1.807) is 19.2 Å². The number of hydrogen-bond donors (Lipinski definition) is 0. The number of aryl methyl sites for hydroxylation is 1. The van der Waals surface area contributed by atoms with Gasteiger partial charge in [-0.2, -0.15) is 5.26 Å². The van der Waals surface area contributed by atoms with Crippen molar-refractivity contribution in [1.29, 1.82) is 5.26 Å². The number of hydrogen-bond acceptors (Lipinski definition) is 2. The highest BCUT2D eigenvalue weighted by atomic mass is 19.1. The number of halogens is 1. The third kappa shape index (κ3) is 3.54. The van der Waals surface area contributed by atoms with Crippen LogP contribution in [0.3, 0.4) is 0 Å². The molecule has 3 heteroatoms. The Labute approximate surface area is 147 Å². The van der Waals surface area contributed by atoms with Gasteiger partial charge in [0.2, 0.25) is 0 Å². The van der Waals surface area contributed by atoms with E-state index in [1.807, 2.05) is 43.3 Å². The van der Waals surface area contributed by atoms with Crippen molar-refractivity contribution in [2.24, 2.45) is 0 Å². The molecule has 0 aliphatic rings. The molecule has 0 aromatic heterocycles. The van der Waals surface area contributed by atoms with E-state index in [9.17, 15) is 9.65 Å². The molecule has 3 aromatic carbocycles. The van der Waals surface area contributed by atoms with Crippen molar-refractivity contribution in [2.45, 2.75) is 13.3 Å². The fourth-order valence-electron chi connectivity index (χ4n) is 2.98. The third-order valence-electron chi connectivity index (χ3n) is 4.20. The summed E-state index contributed by atoms with van der Waals surface area (Å²) in [7, 11) is 1.61. The maximum absolute atomic E-state index is 13.1. The molecule has 124 valence electrons. The molecule has 0 amide bonds. The lowest BCUT2D eigenvalue weighted by molar-refractivity contribution is 0.416. The molecule has 0 aliphatic carbocycles. The van der Waals surface area contributed by atoms with Crippen LogP contribution in [0.2, 0.25) is 0 Å². The Balaban J connectivity index is 2.13. The van der Waals surface area contributed by atoms with Crippen LogP contribution in [-0.2, 0) is 6.42 Å². The number of methoxy groups -OCH3 is 1. The first kappa shape index (κ1) is 16.7. The zero-order valence-corrected chi connectivity index (χ0v) is 14.2. The lowest BCUT2D eigenvalue weighted by Crippen LogP contribution is -1.99. The van der Waals surface area contributed by atoms with Gasteiger partial charge in [0, 0.05) is 5.56 Å². The van der Waals surface area contributed by atoms with Crippen molar-refractivity contribution in [1.82, 2.24) is 0 Å². The number of rotatable bonds is 4. The average molecular weight is 331 g/mol. The second kappa shape index (κ2) is 7.19. The van der Waals surface area contributed by atoms with Gasteiger partial charge in [0.15, 0.2) is 0 Å². The van der Waals surface area contributed by atoms with E-state index in [2.05, 4.69) is 6.07 Å². The molecule has 3 aromatic rings. The van der Waals surface area contributed by atoms with Crippen LogP contribution in [0.1, 0.15) is 22.3 Å². The van der Waals surface area contributed by atoms with Crippen LogP contribution in [0.4, 0.5) is 4.39 Å². The van der Waals surface area contributed by atoms with Gasteiger partial charge in [-0.05, 0) is 48.2 Å². The summed E-state index contributed by atoms with van der Waals surface area (Å²) >= 11 is 0. The molecule has 0 radical (unpaired) electrons. The van der Waals surface area contributed by atoms with Crippen molar-refractivity contribution >= 4 is 0 Å². The summed E-state index contributed by atoms with van der Waals surface area (Å²) in [5, 5.41) is 9.81. The van der Waals surface area contributed by atoms with Gasteiger partial charge in [-0.15, -0.1) is 0 Å². The van der Waals surface area contributed by atoms with Crippen molar-refractivity contribution in [3.05, 3.63) is 88.7 Å². The standard InChI is InChI=1S/C22H18FNO/c1-15-4-3-5-18(12-15)22-20(14-24)17(8-11-21(22)25-2)13-16-6-9-19(23)10-7-16/h3-12H,13H2,1-2H3. The Morgan fingerprint density at radius 3 is 2.44 bits per heavy atom. The van der Waals surface area contributed by atoms with Crippen molar-refractivity contribution in [2.75, 3.05) is 7.11 Å². The molecule has 0 fully saturated rings. The molecule has 0 bridgehead atoms. The maximum atomic E-state index is 13.1. The van der Waals surface area contributed by atoms with Crippen LogP contribution < -0.4 is 4.74 Å². The highest BCUT2D eigenvalue weighted by Gasteiger charge is 2.16. The number of ether oxygens (including phenoxy) is 1. The normalized spacial score (nSPS) is 10.3. The molecule has 0 heterocycles. The van der Waals surface area contributed by atoms with E-state index in [-0.39, 0.29) is 5.82 Å². The second-order valence-corrected chi connectivity index (χ2v) is 5.96. The first-order valence-corrected chi connectivity index (χ1v) is 8.04. The topological polar surface area (TPSA) is 33.0 Å². The van der Waals surface area contributed by atoms with Gasteiger partial charge >= 0.3 is 0 Å². The molecule has 25 heavy (non-hydrogen) atoms. The predicted molar refractivity (Wildman–Crippen MR) is 97.1 cm³/mol. The van der Waals surface area contributed by atoms with Gasteiger partial charge in [-0.25, -0.2) is 4.39 Å². The fraction of sp³-hybridized carbons (Fsp3) is 0.136. The van der Waals surface area contributed by atoms with Gasteiger partial charge in [-0.1, -0.05) is 48.0 Å². The molecule has 0 spiro atoms. The summed E-state index contributed by atoms with van der Waals surface area (Å²) in [5.74, 6) is 0.407. The van der Waals surface area contributed by atoms with E-state index in [0.29, 0.717) is 17.7 Å². The molecule has 0 saturated carbocycles. The quantitative estimate of drug-likeness (QED) is 0.652. The number of nitrogens with zero attached hydrogens (tertiary/aromatic N) is 1. The van der Waals surface area contributed by atoms with Crippen LogP contribution in [0.15, 0.2) is 60.7 Å². The summed E-state index contributed by atoms with van der Waals surface area (Å²) in [5.41, 5.74) is 5.31. The first-order chi connectivity index (χ1) is 12.1. The molecule has 2 nitrogen and oxygen atoms in total. The summed E-state index contributed by atoms with van der Waals surface area (Å²) in [6.45, 7) is 2.02. The van der Waals surface area contributed by atoms with Gasteiger partial charge in [-0.3, -0.25) is 0 Å². The molecule has 0 aliphatic heterocycles. The number of benzene rings is 3. The van der Waals surface area contributed by atoms with Crippen molar-refractivity contribution in [3.8, 4) is 22.9 Å². The smallest absolute Gasteiger partial charge is 0.128 e. The molecule has 3 rings (SSSR count). The summed E-state index contributed by atoms with van der Waals surface area (Å²) < 4.78 is 18.6. The van der Waals surface area contributed by atoms with E-state index in [0.717, 1.165) is 27.8 Å².